The van der Waals surface area contributed by atoms with Crippen molar-refractivity contribution in [3.8, 4) is 34.6 Å². The molecule has 3 aliphatic rings. The second kappa shape index (κ2) is 10.8. The van der Waals surface area contributed by atoms with Gasteiger partial charge in [-0.1, -0.05) is 53.6 Å². The Morgan fingerprint density at radius 3 is 1.75 bits per heavy atom. The topological polar surface area (TPSA) is 97.0 Å². The van der Waals surface area contributed by atoms with Gasteiger partial charge in [-0.25, -0.2) is 0 Å². The Bertz CT molecular complexity index is 2230. The van der Waals surface area contributed by atoms with E-state index in [-0.39, 0.29) is 34.2 Å². The zero-order valence-corrected chi connectivity index (χ0v) is 25.0. The molecule has 6 nitrogen and oxygen atoms in total. The molecule has 7 rings (SSSR count). The van der Waals surface area contributed by atoms with Gasteiger partial charge in [0.15, 0.2) is 0 Å². The fourth-order valence-corrected chi connectivity index (χ4v) is 6.60. The summed E-state index contributed by atoms with van der Waals surface area (Å²) >= 11 is 0. The summed E-state index contributed by atoms with van der Waals surface area (Å²) in [6.07, 6.45) is -6.44. The zero-order valence-electron chi connectivity index (χ0n) is 25.0. The Morgan fingerprint density at radius 2 is 1.15 bits per heavy atom. The number of hydrogen-bond donors (Lipinski definition) is 0. The highest BCUT2D eigenvalue weighted by atomic mass is 19.4. The molecule has 1 heterocycles. The Hall–Kier alpha value is -5.88. The van der Waals surface area contributed by atoms with E-state index < -0.39 is 35.6 Å². The van der Waals surface area contributed by atoms with Gasteiger partial charge in [-0.3, -0.25) is 9.98 Å². The van der Waals surface area contributed by atoms with E-state index in [1.807, 2.05) is 38.2 Å². The summed E-state index contributed by atoms with van der Waals surface area (Å²) in [7, 11) is 0. The number of halogens is 6. The number of alkyl halides is 6. The Balaban J connectivity index is 1.35. The normalized spacial score (nSPS) is 19.5. The summed E-state index contributed by atoms with van der Waals surface area (Å²) in [5, 5.41) is 19.2. The molecule has 0 radical (unpaired) electrons. The quantitative estimate of drug-likeness (QED) is 0.160. The Morgan fingerprint density at radius 1 is 0.583 bits per heavy atom. The largest absolute Gasteiger partial charge is 0.416 e. The molecule has 0 aromatic heterocycles. The van der Waals surface area contributed by atoms with Crippen LogP contribution in [0.2, 0.25) is 0 Å². The molecule has 4 aromatic carbocycles. The maximum Gasteiger partial charge on any atom is 0.416 e. The molecule has 0 N–H and O–H groups in total. The highest BCUT2D eigenvalue weighted by Gasteiger charge is 2.45. The standard InChI is InChI=1S/C36H20F6N6/c1-17-7-18(2)9-21(8-17)19-3-5-25-27(12-19)29(45-15-43)33-31(25)47-34-30(46-16-44)28-13-20(4-6-26(28)32(34)48-33)22-10-23(35(37,38)39)14-24(11-22)36(40,41)42/h3-14,31,33H,1-2H3/b45-29+,46-30-. The monoisotopic (exact) mass is 650 g/mol. The van der Waals surface area contributed by atoms with Crippen molar-refractivity contribution in [3.05, 3.63) is 117 Å². The molecule has 0 amide bonds. The van der Waals surface area contributed by atoms with Crippen molar-refractivity contribution < 1.29 is 26.3 Å². The van der Waals surface area contributed by atoms with Crippen LogP contribution in [0.3, 0.4) is 0 Å². The molecule has 0 saturated carbocycles. The van der Waals surface area contributed by atoms with Gasteiger partial charge in [-0.05, 0) is 72.0 Å². The molecule has 0 saturated heterocycles. The van der Waals surface area contributed by atoms with Crippen LogP contribution in [0.15, 0.2) is 92.8 Å². The molecular formula is C36H20F6N6. The van der Waals surface area contributed by atoms with Gasteiger partial charge < -0.3 is 0 Å². The molecule has 4 aromatic rings. The molecular weight excluding hydrogens is 630 g/mol. The minimum Gasteiger partial charge on any atom is -0.270 e. The van der Waals surface area contributed by atoms with Gasteiger partial charge in [0.05, 0.1) is 22.6 Å². The van der Waals surface area contributed by atoms with Gasteiger partial charge in [0.1, 0.15) is 23.5 Å². The molecule has 236 valence electrons. The molecule has 12 heteroatoms. The zero-order chi connectivity index (χ0) is 34.1. The van der Waals surface area contributed by atoms with Gasteiger partial charge in [0.2, 0.25) is 12.4 Å². The number of rotatable bonds is 2. The van der Waals surface area contributed by atoms with Crippen LogP contribution < -0.4 is 0 Å². The van der Waals surface area contributed by atoms with Crippen molar-refractivity contribution in [3.63, 3.8) is 0 Å². The molecule has 1 aliphatic heterocycles. The highest BCUT2D eigenvalue weighted by Crippen LogP contribution is 2.44. The molecule has 2 aliphatic carbocycles. The lowest BCUT2D eigenvalue weighted by atomic mass is 9.96. The highest BCUT2D eigenvalue weighted by molar-refractivity contribution is 6.79. The first-order chi connectivity index (χ1) is 22.8. The van der Waals surface area contributed by atoms with E-state index in [2.05, 4.69) is 28.2 Å². The predicted molar refractivity (Wildman–Crippen MR) is 168 cm³/mol. The number of nitrogens with zero attached hydrogens (tertiary/aromatic N) is 6. The summed E-state index contributed by atoms with van der Waals surface area (Å²) in [5.41, 5.74) is 4.21. The average molecular weight is 651 g/mol. The SMILES string of the molecule is Cc1cc(C)cc(-c2ccc3c(c2)/C(=N\C#N)C2N=C4C(=NC32)/C(=N\C#N)c2cc(-c3cc(C(F)(F)F)cc(C(F)(F)F)c3)ccc24)c1. The van der Waals surface area contributed by atoms with Crippen LogP contribution in [0.4, 0.5) is 26.3 Å². The summed E-state index contributed by atoms with van der Waals surface area (Å²) in [6, 6.07) is 16.3. The number of fused-ring (bicyclic) bond motifs is 6. The molecule has 0 spiro atoms. The number of aryl methyl sites for hydroxylation is 2. The summed E-state index contributed by atoms with van der Waals surface area (Å²) < 4.78 is 81.6. The van der Waals surface area contributed by atoms with Gasteiger partial charge in [0, 0.05) is 16.7 Å². The third kappa shape index (κ3) is 5.06. The van der Waals surface area contributed by atoms with Crippen molar-refractivity contribution in [2.75, 3.05) is 0 Å². The second-order valence-corrected chi connectivity index (χ2v) is 11.7. The van der Waals surface area contributed by atoms with Crippen LogP contribution in [-0.2, 0) is 12.4 Å². The summed E-state index contributed by atoms with van der Waals surface area (Å²) in [6.45, 7) is 4.01. The first-order valence-corrected chi connectivity index (χ1v) is 14.5. The molecule has 0 bridgehead atoms. The molecule has 2 unspecified atom stereocenters. The van der Waals surface area contributed by atoms with E-state index in [0.717, 1.165) is 27.8 Å². The summed E-state index contributed by atoms with van der Waals surface area (Å²) in [4.78, 5) is 18.0. The lowest BCUT2D eigenvalue weighted by Gasteiger charge is -2.20. The lowest BCUT2D eigenvalue weighted by molar-refractivity contribution is -0.143. The van der Waals surface area contributed by atoms with Crippen molar-refractivity contribution in [2.45, 2.75) is 38.3 Å². The Kier molecular flexibility index (Phi) is 6.95. The second-order valence-electron chi connectivity index (χ2n) is 11.7. The third-order valence-corrected chi connectivity index (χ3v) is 8.55. The first-order valence-electron chi connectivity index (χ1n) is 14.5. The first kappa shape index (κ1) is 30.8. The van der Waals surface area contributed by atoms with E-state index in [1.54, 1.807) is 6.19 Å². The smallest absolute Gasteiger partial charge is 0.270 e. The maximum absolute atomic E-state index is 13.6. The molecule has 0 fully saturated rings. The van der Waals surface area contributed by atoms with Crippen molar-refractivity contribution in [1.82, 2.24) is 0 Å². The number of nitriles is 2. The van der Waals surface area contributed by atoms with Crippen molar-refractivity contribution >= 4 is 22.8 Å². The van der Waals surface area contributed by atoms with Crippen molar-refractivity contribution in [2.24, 2.45) is 20.0 Å². The van der Waals surface area contributed by atoms with Crippen LogP contribution in [0.5, 0.6) is 0 Å². The van der Waals surface area contributed by atoms with Crippen LogP contribution >= 0.6 is 0 Å². The van der Waals surface area contributed by atoms with E-state index in [1.165, 1.54) is 18.2 Å². The number of hydrogen-bond acceptors (Lipinski definition) is 6. The third-order valence-electron chi connectivity index (χ3n) is 8.55. The van der Waals surface area contributed by atoms with Crippen LogP contribution in [0, 0.1) is 36.8 Å². The fourth-order valence-electron chi connectivity index (χ4n) is 6.60. The minimum atomic E-state index is -5.02. The van der Waals surface area contributed by atoms with E-state index in [4.69, 9.17) is 9.98 Å². The van der Waals surface area contributed by atoms with Gasteiger partial charge in [-0.15, -0.1) is 0 Å². The minimum absolute atomic E-state index is 0.0482. The van der Waals surface area contributed by atoms with Crippen LogP contribution in [-0.4, -0.2) is 28.9 Å². The summed E-state index contributed by atoms with van der Waals surface area (Å²) in [5.74, 6) is 0. The molecule has 48 heavy (non-hydrogen) atoms. The maximum atomic E-state index is 13.6. The van der Waals surface area contributed by atoms with Gasteiger partial charge in [-0.2, -0.15) is 46.9 Å². The number of aliphatic imine (C=N–C) groups is 4. The van der Waals surface area contributed by atoms with Crippen LogP contribution in [0.25, 0.3) is 22.3 Å². The van der Waals surface area contributed by atoms with E-state index in [9.17, 15) is 36.9 Å². The lowest BCUT2D eigenvalue weighted by Crippen LogP contribution is -2.30. The Labute approximate surface area is 269 Å². The average Bonchev–Trinajstić information content (AvgIpc) is 3.49. The number of benzene rings is 4. The van der Waals surface area contributed by atoms with Gasteiger partial charge >= 0.3 is 12.4 Å². The van der Waals surface area contributed by atoms with Crippen LogP contribution in [0.1, 0.15) is 50.5 Å². The predicted octanol–water partition coefficient (Wildman–Crippen LogP) is 8.60. The molecule has 2 atom stereocenters. The fraction of sp³-hybridized carbons (Fsp3) is 0.167. The van der Waals surface area contributed by atoms with E-state index in [0.29, 0.717) is 34.7 Å². The van der Waals surface area contributed by atoms with Crippen molar-refractivity contribution in [1.29, 1.82) is 10.5 Å². The van der Waals surface area contributed by atoms with E-state index >= 15 is 0 Å². The van der Waals surface area contributed by atoms with Gasteiger partial charge in [0.25, 0.3) is 0 Å².